The number of hydrogen-bond donors (Lipinski definition) is 0. The molecule has 0 aromatic carbocycles. The second kappa shape index (κ2) is 4.54. The topological polar surface area (TPSA) is 12.4 Å². The fraction of sp³-hybridized carbons (Fsp3) is 0.615. The van der Waals surface area contributed by atoms with E-state index in [4.69, 9.17) is 23.2 Å². The smallest absolute Gasteiger partial charge is 0.107 e. The van der Waals surface area contributed by atoms with Crippen molar-refractivity contribution in [1.82, 2.24) is 0 Å². The van der Waals surface area contributed by atoms with Gasteiger partial charge in [0.15, 0.2) is 0 Å². The third kappa shape index (κ3) is 1.74. The van der Waals surface area contributed by atoms with Gasteiger partial charge >= 0.3 is 0 Å². The van der Waals surface area contributed by atoms with E-state index in [1.54, 1.807) is 0 Å². The Kier molecular flexibility index (Phi) is 3.46. The first-order valence-corrected chi connectivity index (χ1v) is 6.57. The molecule has 0 aromatic heterocycles. The van der Waals surface area contributed by atoms with Crippen LogP contribution in [0.3, 0.4) is 0 Å². The highest BCUT2D eigenvalue weighted by Crippen LogP contribution is 2.48. The molecule has 0 bridgehead atoms. The standard InChI is InChI=1S/C13H17Cl2N/c1-7-9-5-4-6-10(16-3)12(9)8(2)11(7)13(14)15/h7-8H,4-6H2,1-3H3. The Morgan fingerprint density at radius 2 is 1.88 bits per heavy atom. The van der Waals surface area contributed by atoms with Crippen LogP contribution in [0.1, 0.15) is 33.1 Å². The molecule has 88 valence electrons. The van der Waals surface area contributed by atoms with Crippen LogP contribution >= 0.6 is 23.2 Å². The first-order chi connectivity index (χ1) is 7.57. The van der Waals surface area contributed by atoms with Gasteiger partial charge < -0.3 is 0 Å². The molecule has 2 rings (SSSR count). The number of hydrogen-bond acceptors (Lipinski definition) is 1. The minimum absolute atomic E-state index is 0.342. The van der Waals surface area contributed by atoms with Crippen molar-refractivity contribution in [2.75, 3.05) is 7.05 Å². The summed E-state index contributed by atoms with van der Waals surface area (Å²) in [6.45, 7) is 4.40. The molecule has 0 radical (unpaired) electrons. The van der Waals surface area contributed by atoms with Gasteiger partial charge in [-0.3, -0.25) is 4.99 Å². The molecule has 0 N–H and O–H groups in total. The summed E-state index contributed by atoms with van der Waals surface area (Å²) in [6.07, 6.45) is 3.47. The normalized spacial score (nSPS) is 32.3. The van der Waals surface area contributed by atoms with Gasteiger partial charge in [-0.25, -0.2) is 0 Å². The number of nitrogens with zero attached hydrogens (tertiary/aromatic N) is 1. The summed E-state index contributed by atoms with van der Waals surface area (Å²) in [5, 5.41) is 0. The van der Waals surface area contributed by atoms with Crippen molar-refractivity contribution in [2.45, 2.75) is 33.1 Å². The Labute approximate surface area is 107 Å². The molecular weight excluding hydrogens is 241 g/mol. The second-order valence-electron chi connectivity index (χ2n) is 4.62. The summed E-state index contributed by atoms with van der Waals surface area (Å²) in [5.41, 5.74) is 5.35. The molecule has 2 aliphatic rings. The van der Waals surface area contributed by atoms with Crippen LogP contribution in [0.5, 0.6) is 0 Å². The Bertz CT molecular complexity index is 400. The molecule has 0 spiro atoms. The predicted molar refractivity (Wildman–Crippen MR) is 71.3 cm³/mol. The van der Waals surface area contributed by atoms with Crippen molar-refractivity contribution in [3.8, 4) is 0 Å². The minimum atomic E-state index is 0.342. The molecule has 2 atom stereocenters. The van der Waals surface area contributed by atoms with Gasteiger partial charge in [-0.15, -0.1) is 0 Å². The lowest BCUT2D eigenvalue weighted by molar-refractivity contribution is 0.713. The van der Waals surface area contributed by atoms with Crippen molar-refractivity contribution in [1.29, 1.82) is 0 Å². The molecule has 0 heterocycles. The van der Waals surface area contributed by atoms with Crippen LogP contribution in [0.25, 0.3) is 0 Å². The fourth-order valence-electron chi connectivity index (χ4n) is 3.16. The molecule has 2 unspecified atom stereocenters. The third-order valence-electron chi connectivity index (χ3n) is 3.89. The number of halogens is 2. The molecule has 1 nitrogen and oxygen atoms in total. The molecule has 2 aliphatic carbocycles. The minimum Gasteiger partial charge on any atom is -0.293 e. The fourth-order valence-corrected chi connectivity index (χ4v) is 3.81. The molecular formula is C13H17Cl2N. The number of rotatable bonds is 0. The highest BCUT2D eigenvalue weighted by atomic mass is 35.5. The van der Waals surface area contributed by atoms with E-state index in [-0.39, 0.29) is 0 Å². The Morgan fingerprint density at radius 1 is 1.19 bits per heavy atom. The zero-order chi connectivity index (χ0) is 11.9. The van der Waals surface area contributed by atoms with Crippen LogP contribution < -0.4 is 0 Å². The number of aliphatic imine (C=N–C) groups is 1. The lowest BCUT2D eigenvalue weighted by Gasteiger charge is -2.19. The van der Waals surface area contributed by atoms with Crippen molar-refractivity contribution in [3.05, 3.63) is 21.2 Å². The Morgan fingerprint density at radius 3 is 2.44 bits per heavy atom. The predicted octanol–water partition coefficient (Wildman–Crippen LogP) is 4.51. The van der Waals surface area contributed by atoms with Crippen LogP contribution in [0.4, 0.5) is 0 Å². The lowest BCUT2D eigenvalue weighted by Crippen LogP contribution is -2.13. The monoisotopic (exact) mass is 257 g/mol. The highest BCUT2D eigenvalue weighted by molar-refractivity contribution is 6.56. The molecule has 0 fully saturated rings. The van der Waals surface area contributed by atoms with Gasteiger partial charge in [-0.1, -0.05) is 42.6 Å². The zero-order valence-electron chi connectivity index (χ0n) is 9.98. The highest BCUT2D eigenvalue weighted by Gasteiger charge is 2.37. The van der Waals surface area contributed by atoms with Gasteiger partial charge in [0.2, 0.25) is 0 Å². The maximum atomic E-state index is 6.01. The average Bonchev–Trinajstić information content (AvgIpc) is 2.51. The van der Waals surface area contributed by atoms with E-state index in [1.165, 1.54) is 35.3 Å². The number of allylic oxidation sites excluding steroid dienone is 3. The average molecular weight is 258 g/mol. The van der Waals surface area contributed by atoms with Crippen LogP contribution in [0.15, 0.2) is 26.2 Å². The van der Waals surface area contributed by atoms with Crippen molar-refractivity contribution < 1.29 is 0 Å². The van der Waals surface area contributed by atoms with Crippen LogP contribution in [-0.2, 0) is 0 Å². The van der Waals surface area contributed by atoms with E-state index in [0.29, 0.717) is 16.3 Å². The summed E-state index contributed by atoms with van der Waals surface area (Å²) < 4.78 is 0.449. The largest absolute Gasteiger partial charge is 0.293 e. The molecule has 3 heteroatoms. The van der Waals surface area contributed by atoms with Gasteiger partial charge in [0.25, 0.3) is 0 Å². The van der Waals surface area contributed by atoms with Gasteiger partial charge in [0.1, 0.15) is 4.49 Å². The van der Waals surface area contributed by atoms with Crippen molar-refractivity contribution in [2.24, 2.45) is 16.8 Å². The van der Waals surface area contributed by atoms with E-state index in [2.05, 4.69) is 18.8 Å². The SMILES string of the molecule is CN=C1CCCC2=C1C(C)C(=C(Cl)Cl)C2C. The second-order valence-corrected chi connectivity index (χ2v) is 5.57. The quantitative estimate of drug-likeness (QED) is 0.606. The summed E-state index contributed by atoms with van der Waals surface area (Å²) in [7, 11) is 1.88. The molecule has 0 amide bonds. The van der Waals surface area contributed by atoms with E-state index in [0.717, 1.165) is 6.42 Å². The Hall–Kier alpha value is -0.270. The lowest BCUT2D eigenvalue weighted by atomic mass is 9.87. The maximum Gasteiger partial charge on any atom is 0.107 e. The van der Waals surface area contributed by atoms with Crippen LogP contribution in [0, 0.1) is 11.8 Å². The third-order valence-corrected chi connectivity index (χ3v) is 4.33. The van der Waals surface area contributed by atoms with E-state index < -0.39 is 0 Å². The van der Waals surface area contributed by atoms with Gasteiger partial charge in [0.05, 0.1) is 0 Å². The van der Waals surface area contributed by atoms with E-state index >= 15 is 0 Å². The summed E-state index contributed by atoms with van der Waals surface area (Å²) in [6, 6.07) is 0. The first-order valence-electron chi connectivity index (χ1n) is 5.82. The van der Waals surface area contributed by atoms with Gasteiger partial charge in [-0.05, 0) is 30.4 Å². The Balaban J connectivity index is 2.51. The van der Waals surface area contributed by atoms with E-state index in [1.807, 2.05) is 7.05 Å². The summed E-state index contributed by atoms with van der Waals surface area (Å²) in [5.74, 6) is 0.737. The molecule has 0 saturated heterocycles. The van der Waals surface area contributed by atoms with E-state index in [9.17, 15) is 0 Å². The summed E-state index contributed by atoms with van der Waals surface area (Å²) >= 11 is 12.0. The first kappa shape index (κ1) is 12.2. The van der Waals surface area contributed by atoms with Crippen LogP contribution in [0.2, 0.25) is 0 Å². The van der Waals surface area contributed by atoms with Crippen molar-refractivity contribution >= 4 is 28.9 Å². The molecule has 0 aromatic rings. The zero-order valence-corrected chi connectivity index (χ0v) is 11.5. The van der Waals surface area contributed by atoms with Crippen molar-refractivity contribution in [3.63, 3.8) is 0 Å². The molecule has 16 heavy (non-hydrogen) atoms. The molecule has 0 aliphatic heterocycles. The molecule has 0 saturated carbocycles. The van der Waals surface area contributed by atoms with Gasteiger partial charge in [-0.2, -0.15) is 0 Å². The summed E-state index contributed by atoms with van der Waals surface area (Å²) in [4.78, 5) is 4.42. The van der Waals surface area contributed by atoms with Crippen LogP contribution in [-0.4, -0.2) is 12.8 Å². The van der Waals surface area contributed by atoms with Gasteiger partial charge in [0, 0.05) is 24.6 Å². The maximum absolute atomic E-state index is 6.01.